The van der Waals surface area contributed by atoms with Crippen LogP contribution in [0.25, 0.3) is 0 Å². The lowest BCUT2D eigenvalue weighted by Gasteiger charge is -2.32. The highest BCUT2D eigenvalue weighted by molar-refractivity contribution is 7.92. The van der Waals surface area contributed by atoms with Crippen LogP contribution in [0.15, 0.2) is 71.6 Å². The number of halogens is 3. The molecule has 3 aromatic rings. The number of hydrogen-bond acceptors (Lipinski definition) is 5. The van der Waals surface area contributed by atoms with Crippen LogP contribution in [0.4, 0.5) is 5.69 Å². The molecule has 0 saturated carbocycles. The van der Waals surface area contributed by atoms with Gasteiger partial charge in [-0.2, -0.15) is 0 Å². The zero-order valence-corrected chi connectivity index (χ0v) is 24.6. The molecule has 0 heterocycles. The van der Waals surface area contributed by atoms with Gasteiger partial charge in [-0.05, 0) is 80.1 Å². The van der Waals surface area contributed by atoms with Crippen molar-refractivity contribution in [2.45, 2.75) is 31.3 Å². The molecule has 0 spiro atoms. The second kappa shape index (κ2) is 13.4. The number of benzene rings is 3. The van der Waals surface area contributed by atoms with E-state index in [9.17, 15) is 18.0 Å². The van der Waals surface area contributed by atoms with Crippen LogP contribution in [-0.2, 0) is 26.2 Å². The molecule has 0 aromatic heterocycles. The highest BCUT2D eigenvalue weighted by Gasteiger charge is 2.32. The average Bonchev–Trinajstić information content (AvgIpc) is 2.92. The lowest BCUT2D eigenvalue weighted by atomic mass is 10.1. The fourth-order valence-corrected chi connectivity index (χ4v) is 5.61. The van der Waals surface area contributed by atoms with Gasteiger partial charge in [0, 0.05) is 18.1 Å². The number of rotatable bonds is 11. The van der Waals surface area contributed by atoms with Crippen LogP contribution in [0, 0.1) is 0 Å². The molecule has 0 radical (unpaired) electrons. The Morgan fingerprint density at radius 2 is 1.59 bits per heavy atom. The molecular weight excluding hydrogens is 585 g/mol. The Hall–Kier alpha value is -2.98. The zero-order valence-electron chi connectivity index (χ0n) is 21.5. The molecule has 39 heavy (non-hydrogen) atoms. The van der Waals surface area contributed by atoms with Crippen LogP contribution < -0.4 is 14.4 Å². The van der Waals surface area contributed by atoms with E-state index >= 15 is 0 Å². The van der Waals surface area contributed by atoms with Crippen LogP contribution in [0.3, 0.4) is 0 Å². The lowest BCUT2D eigenvalue weighted by Crippen LogP contribution is -2.51. The first-order chi connectivity index (χ1) is 18.5. The predicted octanol–water partition coefficient (Wildman–Crippen LogP) is 5.40. The van der Waals surface area contributed by atoms with Crippen molar-refractivity contribution in [1.82, 2.24) is 10.2 Å². The Labute approximate surface area is 243 Å². The average molecular weight is 613 g/mol. The molecule has 208 valence electrons. The van der Waals surface area contributed by atoms with Crippen molar-refractivity contribution in [3.05, 3.63) is 87.4 Å². The molecule has 12 heteroatoms. The Balaban J connectivity index is 2.03. The number of anilines is 1. The van der Waals surface area contributed by atoms with Gasteiger partial charge in [-0.15, -0.1) is 0 Å². The van der Waals surface area contributed by atoms with Crippen LogP contribution in [0.5, 0.6) is 5.75 Å². The van der Waals surface area contributed by atoms with Crippen molar-refractivity contribution in [1.29, 1.82) is 0 Å². The van der Waals surface area contributed by atoms with Crippen LogP contribution in [0.2, 0.25) is 15.1 Å². The Morgan fingerprint density at radius 3 is 2.15 bits per heavy atom. The SMILES string of the molecule is CCNC(=O)[C@H](C)N(Cc1ccc(Cl)c(Cl)c1)C(=O)CN(c1ccc(Cl)cc1)S(=O)(=O)c1ccc(OC)cc1. The maximum absolute atomic E-state index is 13.8. The minimum Gasteiger partial charge on any atom is -0.497 e. The highest BCUT2D eigenvalue weighted by atomic mass is 35.5. The third-order valence-electron chi connectivity index (χ3n) is 5.90. The van der Waals surface area contributed by atoms with E-state index in [2.05, 4.69) is 5.32 Å². The number of hydrogen-bond donors (Lipinski definition) is 1. The minimum absolute atomic E-state index is 0.00886. The third kappa shape index (κ3) is 7.57. The molecule has 3 aromatic carbocycles. The van der Waals surface area contributed by atoms with Crippen LogP contribution >= 0.6 is 34.8 Å². The minimum atomic E-state index is -4.21. The predicted molar refractivity (Wildman–Crippen MR) is 154 cm³/mol. The largest absolute Gasteiger partial charge is 0.497 e. The number of nitrogens with one attached hydrogen (secondary N) is 1. The first-order valence-corrected chi connectivity index (χ1v) is 14.5. The summed E-state index contributed by atoms with van der Waals surface area (Å²) in [5, 5.41) is 3.74. The zero-order chi connectivity index (χ0) is 28.7. The summed E-state index contributed by atoms with van der Waals surface area (Å²) in [6.07, 6.45) is 0. The number of sulfonamides is 1. The molecule has 0 aliphatic carbocycles. The van der Waals surface area contributed by atoms with E-state index in [1.54, 1.807) is 32.0 Å². The van der Waals surface area contributed by atoms with Crippen LogP contribution in [0.1, 0.15) is 19.4 Å². The number of carbonyl (C=O) groups is 2. The molecule has 8 nitrogen and oxygen atoms in total. The molecule has 0 unspecified atom stereocenters. The van der Waals surface area contributed by atoms with Gasteiger partial charge >= 0.3 is 0 Å². The second-order valence-corrected chi connectivity index (χ2v) is 11.6. The monoisotopic (exact) mass is 611 g/mol. The van der Waals surface area contributed by atoms with Gasteiger partial charge in [0.25, 0.3) is 10.0 Å². The molecule has 2 amide bonds. The summed E-state index contributed by atoms with van der Waals surface area (Å²) in [6, 6.07) is 15.9. The van der Waals surface area contributed by atoms with E-state index in [0.29, 0.717) is 27.9 Å². The van der Waals surface area contributed by atoms with E-state index in [1.807, 2.05) is 0 Å². The van der Waals surface area contributed by atoms with Gasteiger partial charge in [-0.1, -0.05) is 40.9 Å². The van der Waals surface area contributed by atoms with Gasteiger partial charge in [0.15, 0.2) is 0 Å². The molecule has 3 rings (SSSR count). The molecule has 0 bridgehead atoms. The van der Waals surface area contributed by atoms with Gasteiger partial charge in [0.2, 0.25) is 11.8 Å². The number of methoxy groups -OCH3 is 1. The van der Waals surface area contributed by atoms with Crippen molar-refractivity contribution in [2.24, 2.45) is 0 Å². The summed E-state index contributed by atoms with van der Waals surface area (Å²) < 4.78 is 33.7. The Bertz CT molecular complexity index is 1420. The summed E-state index contributed by atoms with van der Waals surface area (Å²) in [5.74, 6) is -0.513. The van der Waals surface area contributed by atoms with Crippen molar-refractivity contribution in [3.63, 3.8) is 0 Å². The van der Waals surface area contributed by atoms with Gasteiger partial charge in [-0.25, -0.2) is 8.42 Å². The van der Waals surface area contributed by atoms with Crippen molar-refractivity contribution < 1.29 is 22.7 Å². The smallest absolute Gasteiger partial charge is 0.264 e. The second-order valence-electron chi connectivity index (χ2n) is 8.50. The first kappa shape index (κ1) is 30.6. The summed E-state index contributed by atoms with van der Waals surface area (Å²) in [5.41, 5.74) is 0.841. The maximum atomic E-state index is 13.8. The summed E-state index contributed by atoms with van der Waals surface area (Å²) in [7, 11) is -2.74. The van der Waals surface area contributed by atoms with Gasteiger partial charge < -0.3 is 15.0 Å². The molecule has 1 atom stereocenters. The third-order valence-corrected chi connectivity index (χ3v) is 8.68. The summed E-state index contributed by atoms with van der Waals surface area (Å²) in [4.78, 5) is 27.8. The van der Waals surface area contributed by atoms with Crippen molar-refractivity contribution >= 4 is 62.3 Å². The fourth-order valence-electron chi connectivity index (χ4n) is 3.75. The number of nitrogens with zero attached hydrogens (tertiary/aromatic N) is 2. The normalized spacial score (nSPS) is 11.9. The standard InChI is InChI=1S/C27H28Cl3N3O5S/c1-4-31-27(35)18(2)32(16-19-5-14-24(29)25(30)15-19)26(34)17-33(21-8-6-20(28)7-9-21)39(36,37)23-12-10-22(38-3)11-13-23/h5-15,18H,4,16-17H2,1-3H3,(H,31,35)/t18-/m0/s1. The molecule has 0 aliphatic heterocycles. The number of ether oxygens (including phenoxy) is 1. The fraction of sp³-hybridized carbons (Fsp3) is 0.259. The van der Waals surface area contributed by atoms with E-state index in [0.717, 1.165) is 4.31 Å². The highest BCUT2D eigenvalue weighted by Crippen LogP contribution is 2.28. The molecule has 1 N–H and O–H groups in total. The number of likely N-dealkylation sites (N-methyl/N-ethyl adjacent to an activating group) is 1. The van der Waals surface area contributed by atoms with E-state index in [-0.39, 0.29) is 28.1 Å². The summed E-state index contributed by atoms with van der Waals surface area (Å²) >= 11 is 18.3. The van der Waals surface area contributed by atoms with Gasteiger partial charge in [0.1, 0.15) is 18.3 Å². The number of amides is 2. The quantitative estimate of drug-likeness (QED) is 0.313. The lowest BCUT2D eigenvalue weighted by molar-refractivity contribution is -0.139. The van der Waals surface area contributed by atoms with Crippen LogP contribution in [-0.4, -0.2) is 51.4 Å². The summed E-state index contributed by atoms with van der Waals surface area (Å²) in [6.45, 7) is 3.11. The maximum Gasteiger partial charge on any atom is 0.264 e. The van der Waals surface area contributed by atoms with Gasteiger partial charge in [0.05, 0.1) is 27.7 Å². The van der Waals surface area contributed by atoms with Crippen molar-refractivity contribution in [3.8, 4) is 5.75 Å². The Morgan fingerprint density at radius 1 is 0.949 bits per heavy atom. The van der Waals surface area contributed by atoms with Gasteiger partial charge in [-0.3, -0.25) is 13.9 Å². The van der Waals surface area contributed by atoms with E-state index < -0.39 is 28.5 Å². The molecule has 0 fully saturated rings. The topological polar surface area (TPSA) is 96.0 Å². The molecule has 0 saturated heterocycles. The molecule has 0 aliphatic rings. The van der Waals surface area contributed by atoms with Crippen molar-refractivity contribution in [2.75, 3.05) is 24.5 Å². The van der Waals surface area contributed by atoms with E-state index in [4.69, 9.17) is 39.5 Å². The number of carbonyl (C=O) groups excluding carboxylic acids is 2. The first-order valence-electron chi connectivity index (χ1n) is 11.9. The van der Waals surface area contributed by atoms with E-state index in [1.165, 1.54) is 60.5 Å². The Kier molecular flexibility index (Phi) is 10.5. The molecular formula is C27H28Cl3N3O5S.